The van der Waals surface area contributed by atoms with Gasteiger partial charge in [0.15, 0.2) is 12.4 Å². The van der Waals surface area contributed by atoms with E-state index in [-0.39, 0.29) is 5.91 Å². The number of pyridine rings is 1. The quantitative estimate of drug-likeness (QED) is 0.452. The molecule has 0 radical (unpaired) electrons. The highest BCUT2D eigenvalue weighted by molar-refractivity contribution is 5.93. The molecule has 1 aromatic carbocycles. The molecule has 3 rings (SSSR count). The van der Waals surface area contributed by atoms with Gasteiger partial charge in [-0.15, -0.1) is 0 Å². The van der Waals surface area contributed by atoms with Crippen LogP contribution < -0.4 is 19.7 Å². The molecule has 1 fully saturated rings. The van der Waals surface area contributed by atoms with Crippen LogP contribution >= 0.6 is 0 Å². The Morgan fingerprint density at radius 2 is 1.78 bits per heavy atom. The number of anilines is 1. The molecular weight excluding hydrogens is 344 g/mol. The number of benzene rings is 1. The number of amides is 1. The van der Waals surface area contributed by atoms with Crippen LogP contribution in [-0.2, 0) is 0 Å². The monoisotopic (exact) mass is 370 g/mol. The topological polar surface area (TPSA) is 71.8 Å². The molecule has 27 heavy (non-hydrogen) atoms. The smallest absolute Gasteiger partial charge is 0.251 e. The zero-order chi connectivity index (χ0) is 19.1. The predicted molar refractivity (Wildman–Crippen MR) is 104 cm³/mol. The summed E-state index contributed by atoms with van der Waals surface area (Å²) in [7, 11) is 1.68. The Balaban J connectivity index is 1.34. The van der Waals surface area contributed by atoms with E-state index in [2.05, 4.69) is 27.2 Å². The second-order valence-electron chi connectivity index (χ2n) is 6.58. The number of carbonyl (C=O) groups is 1. The highest BCUT2D eigenvalue weighted by Gasteiger charge is 2.17. The Morgan fingerprint density at radius 1 is 1.11 bits per heavy atom. The predicted octanol–water partition coefficient (Wildman–Crippen LogP) is 1.27. The van der Waals surface area contributed by atoms with Crippen molar-refractivity contribution in [2.45, 2.75) is 6.42 Å². The van der Waals surface area contributed by atoms with Crippen LogP contribution in [0.15, 0.2) is 48.8 Å². The zero-order valence-electron chi connectivity index (χ0n) is 15.6. The molecule has 7 nitrogen and oxygen atoms in total. The minimum atomic E-state index is -0.139. The van der Waals surface area contributed by atoms with Gasteiger partial charge in [-0.05, 0) is 37.2 Å². The third kappa shape index (κ3) is 5.34. The van der Waals surface area contributed by atoms with Gasteiger partial charge in [-0.25, -0.2) is 0 Å². The van der Waals surface area contributed by atoms with Crippen molar-refractivity contribution >= 4 is 11.6 Å². The van der Waals surface area contributed by atoms with Crippen molar-refractivity contribution in [3.05, 3.63) is 59.6 Å². The standard InChI is InChI=1S/C20H26N4O3/c1-27-19-5-3-18(4-6-19)23-15-13-22(14-16-23)10-2-9-21-20(25)17-7-11-24(26)12-8-17/h3-8,11-12H,2,9-10,13-16H2,1H3,(H,21,25). The highest BCUT2D eigenvalue weighted by atomic mass is 16.5. The third-order valence-electron chi connectivity index (χ3n) is 4.81. The van der Waals surface area contributed by atoms with Crippen LogP contribution in [-0.4, -0.2) is 57.2 Å². The second kappa shape index (κ2) is 9.23. The summed E-state index contributed by atoms with van der Waals surface area (Å²) in [6, 6.07) is 11.2. The van der Waals surface area contributed by atoms with Crippen molar-refractivity contribution in [1.82, 2.24) is 10.2 Å². The van der Waals surface area contributed by atoms with Gasteiger partial charge in [-0.2, -0.15) is 4.73 Å². The molecule has 0 aliphatic carbocycles. The first kappa shape index (κ1) is 19.0. The van der Waals surface area contributed by atoms with Crippen molar-refractivity contribution in [2.75, 3.05) is 51.3 Å². The molecule has 1 saturated heterocycles. The molecule has 0 unspecified atom stereocenters. The lowest BCUT2D eigenvalue weighted by atomic mass is 10.2. The van der Waals surface area contributed by atoms with Gasteiger partial charge < -0.3 is 20.2 Å². The van der Waals surface area contributed by atoms with E-state index in [1.807, 2.05) is 12.1 Å². The number of rotatable bonds is 7. The number of nitrogens with one attached hydrogen (secondary N) is 1. The fourth-order valence-corrected chi connectivity index (χ4v) is 3.19. The summed E-state index contributed by atoms with van der Waals surface area (Å²) in [4.78, 5) is 16.8. The number of hydrogen-bond donors (Lipinski definition) is 1. The van der Waals surface area contributed by atoms with Gasteiger partial charge in [-0.1, -0.05) is 0 Å². The minimum absolute atomic E-state index is 0.139. The Labute approximate surface area is 159 Å². The zero-order valence-corrected chi connectivity index (χ0v) is 15.6. The van der Waals surface area contributed by atoms with Gasteiger partial charge in [0.05, 0.1) is 12.7 Å². The Kier molecular flexibility index (Phi) is 6.49. The molecule has 0 atom stereocenters. The molecule has 2 heterocycles. The first-order valence-corrected chi connectivity index (χ1v) is 9.24. The highest BCUT2D eigenvalue weighted by Crippen LogP contribution is 2.20. The molecule has 7 heteroatoms. The maximum absolute atomic E-state index is 12.0. The van der Waals surface area contributed by atoms with Crippen molar-refractivity contribution in [2.24, 2.45) is 0 Å². The maximum Gasteiger partial charge on any atom is 0.251 e. The SMILES string of the molecule is COc1ccc(N2CCN(CCCNC(=O)c3cc[n+]([O-])cc3)CC2)cc1. The van der Waals surface area contributed by atoms with Crippen LogP contribution in [0.5, 0.6) is 5.75 Å². The fraction of sp³-hybridized carbons (Fsp3) is 0.400. The Hall–Kier alpha value is -2.80. The van der Waals surface area contributed by atoms with Gasteiger partial charge >= 0.3 is 0 Å². The van der Waals surface area contributed by atoms with Crippen LogP contribution in [0.2, 0.25) is 0 Å². The van der Waals surface area contributed by atoms with Crippen LogP contribution in [0.25, 0.3) is 0 Å². The van der Waals surface area contributed by atoms with E-state index in [0.29, 0.717) is 16.8 Å². The minimum Gasteiger partial charge on any atom is -0.619 e. The normalized spacial score (nSPS) is 14.8. The molecule has 1 aromatic heterocycles. The molecular formula is C20H26N4O3. The summed E-state index contributed by atoms with van der Waals surface area (Å²) >= 11 is 0. The Morgan fingerprint density at radius 3 is 2.41 bits per heavy atom. The number of carbonyl (C=O) groups excluding carboxylic acids is 1. The van der Waals surface area contributed by atoms with Gasteiger partial charge in [0, 0.05) is 50.5 Å². The average molecular weight is 370 g/mol. The number of aromatic nitrogens is 1. The molecule has 0 spiro atoms. The van der Waals surface area contributed by atoms with Gasteiger partial charge in [0.2, 0.25) is 0 Å². The summed E-state index contributed by atoms with van der Waals surface area (Å²) < 4.78 is 5.88. The number of methoxy groups -OCH3 is 1. The summed E-state index contributed by atoms with van der Waals surface area (Å²) in [6.45, 7) is 5.62. The second-order valence-corrected chi connectivity index (χ2v) is 6.58. The van der Waals surface area contributed by atoms with Crippen LogP contribution in [0.1, 0.15) is 16.8 Å². The third-order valence-corrected chi connectivity index (χ3v) is 4.81. The van der Waals surface area contributed by atoms with E-state index in [9.17, 15) is 10.0 Å². The first-order valence-electron chi connectivity index (χ1n) is 9.24. The molecule has 0 saturated carbocycles. The lowest BCUT2D eigenvalue weighted by Gasteiger charge is -2.36. The largest absolute Gasteiger partial charge is 0.619 e. The summed E-state index contributed by atoms with van der Waals surface area (Å²) in [5, 5.41) is 13.9. The average Bonchev–Trinajstić information content (AvgIpc) is 2.72. The van der Waals surface area contributed by atoms with Gasteiger partial charge in [0.25, 0.3) is 5.91 Å². The number of piperazine rings is 1. The van der Waals surface area contributed by atoms with Crippen LogP contribution in [0, 0.1) is 5.21 Å². The molecule has 2 aromatic rings. The van der Waals surface area contributed by atoms with Crippen molar-refractivity contribution in [1.29, 1.82) is 0 Å². The number of nitrogens with zero attached hydrogens (tertiary/aromatic N) is 3. The van der Waals surface area contributed by atoms with E-state index in [1.54, 1.807) is 7.11 Å². The van der Waals surface area contributed by atoms with E-state index < -0.39 is 0 Å². The van der Waals surface area contributed by atoms with Gasteiger partial charge in [0.1, 0.15) is 5.75 Å². The lowest BCUT2D eigenvalue weighted by molar-refractivity contribution is -0.605. The van der Waals surface area contributed by atoms with E-state index in [0.717, 1.165) is 44.9 Å². The van der Waals surface area contributed by atoms with Crippen molar-refractivity contribution in [3.8, 4) is 5.75 Å². The molecule has 1 N–H and O–H groups in total. The van der Waals surface area contributed by atoms with Gasteiger partial charge in [-0.3, -0.25) is 9.69 Å². The maximum atomic E-state index is 12.0. The molecule has 144 valence electrons. The van der Waals surface area contributed by atoms with Crippen LogP contribution in [0.3, 0.4) is 0 Å². The number of ether oxygens (including phenoxy) is 1. The van der Waals surface area contributed by atoms with Crippen molar-refractivity contribution < 1.29 is 14.3 Å². The van der Waals surface area contributed by atoms with E-state index in [1.165, 1.54) is 30.2 Å². The summed E-state index contributed by atoms with van der Waals surface area (Å²) in [6.07, 6.45) is 3.57. The Bertz CT molecular complexity index is 726. The van der Waals surface area contributed by atoms with E-state index >= 15 is 0 Å². The van der Waals surface area contributed by atoms with E-state index in [4.69, 9.17) is 4.74 Å². The van der Waals surface area contributed by atoms with Crippen LogP contribution in [0.4, 0.5) is 5.69 Å². The summed E-state index contributed by atoms with van der Waals surface area (Å²) in [5.41, 5.74) is 1.74. The lowest BCUT2D eigenvalue weighted by Crippen LogP contribution is -2.47. The first-order chi connectivity index (χ1) is 13.2. The summed E-state index contributed by atoms with van der Waals surface area (Å²) in [5.74, 6) is 0.738. The fourth-order valence-electron chi connectivity index (χ4n) is 3.19. The van der Waals surface area contributed by atoms with Crippen molar-refractivity contribution in [3.63, 3.8) is 0 Å². The molecule has 1 aliphatic rings. The molecule has 0 bridgehead atoms. The molecule has 1 aliphatic heterocycles. The number of hydrogen-bond acceptors (Lipinski definition) is 5. The molecule has 1 amide bonds.